The minimum Gasteiger partial charge on any atom is -0.399 e. The van der Waals surface area contributed by atoms with Crippen molar-refractivity contribution >= 4 is 15.1 Å². The van der Waals surface area contributed by atoms with Crippen LogP contribution in [0.2, 0.25) is 0 Å². The number of rotatable bonds is 5. The second-order valence-corrected chi connectivity index (χ2v) is 4.59. The minimum absolute atomic E-state index is 0.619. The summed E-state index contributed by atoms with van der Waals surface area (Å²) in [7, 11) is 2.43. The highest BCUT2D eigenvalue weighted by molar-refractivity contribution is 7.13. The first kappa shape index (κ1) is 14.8. The topological polar surface area (TPSA) is 38.0 Å². The van der Waals surface area contributed by atoms with Crippen molar-refractivity contribution in [1.82, 2.24) is 5.09 Å². The maximum absolute atomic E-state index is 5.85. The molecule has 18 heavy (non-hydrogen) atoms. The maximum atomic E-state index is 5.85. The van der Waals surface area contributed by atoms with E-state index in [1.807, 2.05) is 12.1 Å². The second kappa shape index (κ2) is 7.93. The van der Waals surface area contributed by atoms with E-state index in [0.717, 1.165) is 17.5 Å². The van der Waals surface area contributed by atoms with Crippen LogP contribution in [0.3, 0.4) is 0 Å². The van der Waals surface area contributed by atoms with Crippen LogP contribution < -0.4 is 10.8 Å². The molecule has 1 aromatic carbocycles. The maximum Gasteiger partial charge on any atom is 0.0608 e. The molecule has 96 valence electrons. The van der Waals surface area contributed by atoms with E-state index >= 15 is 0 Å². The minimum atomic E-state index is 0.619. The molecule has 0 spiro atoms. The molecule has 0 amide bonds. The molecule has 0 saturated carbocycles. The van der Waals surface area contributed by atoms with Gasteiger partial charge < -0.3 is 5.73 Å². The number of benzene rings is 1. The number of nitrogens with two attached hydrogens (primary N) is 1. The summed E-state index contributed by atoms with van der Waals surface area (Å²) in [6.45, 7) is 6.69. The Balaban J connectivity index is 2.97. The van der Waals surface area contributed by atoms with Crippen molar-refractivity contribution in [1.29, 1.82) is 0 Å². The van der Waals surface area contributed by atoms with Gasteiger partial charge >= 0.3 is 0 Å². The van der Waals surface area contributed by atoms with Gasteiger partial charge in [0.25, 0.3) is 0 Å². The summed E-state index contributed by atoms with van der Waals surface area (Å²) in [5.74, 6) is 6.13. The van der Waals surface area contributed by atoms with Gasteiger partial charge in [-0.3, -0.25) is 5.09 Å². The van der Waals surface area contributed by atoms with E-state index in [4.69, 9.17) is 5.73 Å². The number of unbranched alkanes of at least 4 members (excludes halogenated alkanes) is 1. The molecular weight excluding hydrogens is 239 g/mol. The Morgan fingerprint density at radius 3 is 2.89 bits per heavy atom. The fraction of sp³-hybridized carbons (Fsp3) is 0.333. The Morgan fingerprint density at radius 1 is 1.50 bits per heavy atom. The Bertz CT molecular complexity index is 469. The molecule has 0 aliphatic carbocycles. The first-order chi connectivity index (χ1) is 8.69. The van der Waals surface area contributed by atoms with Crippen molar-refractivity contribution in [2.24, 2.45) is 5.73 Å². The largest absolute Gasteiger partial charge is 0.399 e. The van der Waals surface area contributed by atoms with E-state index in [9.17, 15) is 0 Å². The molecule has 0 aromatic heterocycles. The fourth-order valence-electron chi connectivity index (χ4n) is 1.74. The summed E-state index contributed by atoms with van der Waals surface area (Å²) in [5.41, 5.74) is 9.75. The summed E-state index contributed by atoms with van der Waals surface area (Å²) < 4.78 is 0. The third-order valence-electron chi connectivity index (χ3n) is 2.68. The fourth-order valence-corrected chi connectivity index (χ4v) is 1.84. The van der Waals surface area contributed by atoms with Crippen molar-refractivity contribution in [3.63, 3.8) is 0 Å². The first-order valence-corrected chi connectivity index (χ1v) is 6.76. The lowest BCUT2D eigenvalue weighted by Gasteiger charge is -2.09. The molecule has 0 radical (unpaired) electrons. The normalized spacial score (nSPS) is 9.67. The van der Waals surface area contributed by atoms with Crippen molar-refractivity contribution < 1.29 is 0 Å². The SMILES string of the molecule is C=C(N)c1cc(C#CCNP)ccc1CCCC. The van der Waals surface area contributed by atoms with Gasteiger partial charge in [-0.1, -0.05) is 47.2 Å². The van der Waals surface area contributed by atoms with Crippen molar-refractivity contribution in [3.05, 3.63) is 41.5 Å². The van der Waals surface area contributed by atoms with Crippen LogP contribution in [-0.4, -0.2) is 6.54 Å². The van der Waals surface area contributed by atoms with Crippen LogP contribution in [0.1, 0.15) is 36.5 Å². The molecule has 0 fully saturated rings. The van der Waals surface area contributed by atoms with Crippen LogP contribution in [0.25, 0.3) is 5.70 Å². The number of nitrogens with one attached hydrogen (secondary N) is 1. The number of aryl methyl sites for hydroxylation is 1. The molecule has 2 nitrogen and oxygen atoms in total. The molecule has 3 N–H and O–H groups in total. The summed E-state index contributed by atoms with van der Waals surface area (Å²) in [6.07, 6.45) is 3.39. The van der Waals surface area contributed by atoms with Crippen LogP contribution in [-0.2, 0) is 6.42 Å². The van der Waals surface area contributed by atoms with Crippen LogP contribution >= 0.6 is 9.39 Å². The average molecular weight is 260 g/mol. The summed E-state index contributed by atoms with van der Waals surface area (Å²) in [5, 5.41) is 2.92. The van der Waals surface area contributed by atoms with E-state index in [-0.39, 0.29) is 0 Å². The first-order valence-electron chi connectivity index (χ1n) is 6.19. The van der Waals surface area contributed by atoms with Gasteiger partial charge in [0.15, 0.2) is 0 Å². The van der Waals surface area contributed by atoms with E-state index in [0.29, 0.717) is 12.2 Å². The summed E-state index contributed by atoms with van der Waals surface area (Å²) in [4.78, 5) is 0. The van der Waals surface area contributed by atoms with E-state index < -0.39 is 0 Å². The molecule has 1 atom stereocenters. The lowest BCUT2D eigenvalue weighted by atomic mass is 9.98. The zero-order chi connectivity index (χ0) is 13.4. The highest BCUT2D eigenvalue weighted by atomic mass is 31.0. The molecular formula is C15H21N2P. The Morgan fingerprint density at radius 2 is 2.28 bits per heavy atom. The Kier molecular flexibility index (Phi) is 6.50. The van der Waals surface area contributed by atoms with Gasteiger partial charge in [0.05, 0.1) is 6.54 Å². The van der Waals surface area contributed by atoms with E-state index in [1.165, 1.54) is 18.4 Å². The monoisotopic (exact) mass is 260 g/mol. The lowest BCUT2D eigenvalue weighted by Crippen LogP contribution is -2.01. The lowest BCUT2D eigenvalue weighted by molar-refractivity contribution is 0.793. The Hall–Kier alpha value is -1.29. The number of hydrogen-bond acceptors (Lipinski definition) is 2. The molecule has 3 heteroatoms. The van der Waals surface area contributed by atoms with Gasteiger partial charge in [-0.2, -0.15) is 0 Å². The van der Waals surface area contributed by atoms with Crippen molar-refractivity contribution in [2.45, 2.75) is 26.2 Å². The molecule has 0 saturated heterocycles. The van der Waals surface area contributed by atoms with E-state index in [1.54, 1.807) is 0 Å². The smallest absolute Gasteiger partial charge is 0.0608 e. The molecule has 1 rings (SSSR count). The zero-order valence-corrected chi connectivity index (χ0v) is 12.1. The van der Waals surface area contributed by atoms with Crippen molar-refractivity contribution in [3.8, 4) is 11.8 Å². The van der Waals surface area contributed by atoms with Crippen LogP contribution in [0, 0.1) is 11.8 Å². The summed E-state index contributed by atoms with van der Waals surface area (Å²) in [6, 6.07) is 6.19. The molecule has 0 aliphatic rings. The van der Waals surface area contributed by atoms with Gasteiger partial charge in [-0.15, -0.1) is 0 Å². The van der Waals surface area contributed by atoms with Gasteiger partial charge in [-0.05, 0) is 30.5 Å². The predicted molar refractivity (Wildman–Crippen MR) is 82.9 cm³/mol. The predicted octanol–water partition coefficient (Wildman–Crippen LogP) is 2.69. The van der Waals surface area contributed by atoms with Crippen molar-refractivity contribution in [2.75, 3.05) is 6.54 Å². The van der Waals surface area contributed by atoms with Gasteiger partial charge in [0.1, 0.15) is 0 Å². The zero-order valence-electron chi connectivity index (χ0n) is 10.9. The molecule has 1 aromatic rings. The summed E-state index contributed by atoms with van der Waals surface area (Å²) >= 11 is 0. The molecule has 0 aliphatic heterocycles. The second-order valence-electron chi connectivity index (χ2n) is 4.18. The average Bonchev–Trinajstić information content (AvgIpc) is 2.37. The standard InChI is InChI=1S/C15H21N2P/c1-3-4-7-14-9-8-13(6-5-10-17-18)11-15(14)12(2)16/h8-9,11,17H,2-4,7,10,16,18H2,1H3. The quantitative estimate of drug-likeness (QED) is 0.631. The third-order valence-corrected chi connectivity index (χ3v) is 2.88. The van der Waals surface area contributed by atoms with Crippen LogP contribution in [0.15, 0.2) is 24.8 Å². The highest BCUT2D eigenvalue weighted by Crippen LogP contribution is 2.18. The van der Waals surface area contributed by atoms with Gasteiger partial charge in [0, 0.05) is 16.8 Å². The Labute approximate surface area is 112 Å². The number of hydrogen-bond donors (Lipinski definition) is 2. The molecule has 0 bridgehead atoms. The third kappa shape index (κ3) is 4.53. The highest BCUT2D eigenvalue weighted by Gasteiger charge is 2.04. The van der Waals surface area contributed by atoms with Crippen LogP contribution in [0.4, 0.5) is 0 Å². The van der Waals surface area contributed by atoms with Crippen LogP contribution in [0.5, 0.6) is 0 Å². The van der Waals surface area contributed by atoms with Gasteiger partial charge in [-0.25, -0.2) is 0 Å². The van der Waals surface area contributed by atoms with E-state index in [2.05, 4.69) is 45.9 Å². The molecule has 0 heterocycles. The molecule has 1 unspecified atom stereocenters. The van der Waals surface area contributed by atoms with Gasteiger partial charge in [0.2, 0.25) is 0 Å².